The summed E-state index contributed by atoms with van der Waals surface area (Å²) in [4.78, 5) is 86.8. The Morgan fingerprint density at radius 1 is 0.906 bits per heavy atom. The third-order valence-corrected chi connectivity index (χ3v) is 13.0. The smallest absolute Gasteiger partial charge is 0.263 e. The van der Waals surface area contributed by atoms with Crippen LogP contribution in [0.4, 0.5) is 20.5 Å². The number of nitrogens with one attached hydrogen (secondary N) is 2. The van der Waals surface area contributed by atoms with Gasteiger partial charge in [0.15, 0.2) is 11.6 Å². The first-order valence-corrected chi connectivity index (χ1v) is 22.7. The zero-order chi connectivity index (χ0) is 45.1. The molecule has 1 unspecified atom stereocenters. The number of thioether (sulfide) groups is 1. The van der Waals surface area contributed by atoms with Crippen LogP contribution in [0.3, 0.4) is 0 Å². The summed E-state index contributed by atoms with van der Waals surface area (Å²) in [6, 6.07) is 10.9. The first kappa shape index (κ1) is 44.5. The number of anilines is 2. The van der Waals surface area contributed by atoms with Crippen molar-refractivity contribution in [2.24, 2.45) is 0 Å². The van der Waals surface area contributed by atoms with Crippen LogP contribution >= 0.6 is 11.8 Å². The maximum Gasteiger partial charge on any atom is 0.263 e. The molecule has 64 heavy (non-hydrogen) atoms. The van der Waals surface area contributed by atoms with Crippen molar-refractivity contribution in [3.8, 4) is 11.3 Å². The number of piperazine rings is 1. The van der Waals surface area contributed by atoms with E-state index in [9.17, 15) is 24.0 Å². The summed E-state index contributed by atoms with van der Waals surface area (Å²) in [5.74, 6) is -1.06. The number of aryl methyl sites for hydroxylation is 1. The summed E-state index contributed by atoms with van der Waals surface area (Å²) in [5, 5.41) is 5.26. The molecule has 5 aromatic rings. The fourth-order valence-electron chi connectivity index (χ4n) is 8.66. The third-order valence-electron chi connectivity index (χ3n) is 11.9. The molecule has 0 saturated carbocycles. The van der Waals surface area contributed by atoms with E-state index in [-0.39, 0.29) is 53.1 Å². The molecular formula is C46H50F2N10O5S. The van der Waals surface area contributed by atoms with E-state index in [0.717, 1.165) is 67.6 Å². The van der Waals surface area contributed by atoms with Gasteiger partial charge in [0.2, 0.25) is 23.7 Å². The van der Waals surface area contributed by atoms with Gasteiger partial charge in [0, 0.05) is 68.3 Å². The number of benzene rings is 2. The van der Waals surface area contributed by atoms with Crippen molar-refractivity contribution in [2.75, 3.05) is 37.2 Å². The van der Waals surface area contributed by atoms with Crippen molar-refractivity contribution >= 4 is 64.1 Å². The first-order chi connectivity index (χ1) is 30.9. The number of hydrogen-bond donors (Lipinski definition) is 2. The second-order valence-electron chi connectivity index (χ2n) is 16.7. The molecule has 0 bridgehead atoms. The van der Waals surface area contributed by atoms with Crippen LogP contribution in [0.15, 0.2) is 59.8 Å². The van der Waals surface area contributed by atoms with Crippen molar-refractivity contribution in [1.82, 2.24) is 44.5 Å². The molecule has 2 aromatic carbocycles. The minimum atomic E-state index is -0.988. The molecule has 6 heterocycles. The van der Waals surface area contributed by atoms with Gasteiger partial charge >= 0.3 is 0 Å². The Hall–Kier alpha value is -6.14. The summed E-state index contributed by atoms with van der Waals surface area (Å²) in [7, 11) is 0. The van der Waals surface area contributed by atoms with E-state index in [1.54, 1.807) is 30.5 Å². The van der Waals surface area contributed by atoms with Crippen LogP contribution in [0.5, 0.6) is 0 Å². The van der Waals surface area contributed by atoms with E-state index in [0.29, 0.717) is 53.7 Å². The highest BCUT2D eigenvalue weighted by Gasteiger charge is 2.45. The zero-order valence-corrected chi connectivity index (χ0v) is 36.8. The van der Waals surface area contributed by atoms with Crippen LogP contribution in [0.2, 0.25) is 0 Å². The topological polar surface area (TPSA) is 176 Å². The van der Waals surface area contributed by atoms with Gasteiger partial charge in [-0.05, 0) is 81.7 Å². The Labute approximate surface area is 373 Å². The number of unbranched alkanes of at least 4 members (excludes halogenated alkanes) is 4. The van der Waals surface area contributed by atoms with Crippen LogP contribution in [0, 0.1) is 18.6 Å². The molecule has 0 aliphatic carbocycles. The highest BCUT2D eigenvalue weighted by molar-refractivity contribution is 7.99. The molecule has 3 aromatic heterocycles. The van der Waals surface area contributed by atoms with Gasteiger partial charge in [-0.15, -0.1) is 11.8 Å². The number of halogens is 2. The molecule has 2 saturated heterocycles. The number of amides is 5. The highest BCUT2D eigenvalue weighted by Crippen LogP contribution is 2.35. The largest absolute Gasteiger partial charge is 0.340 e. The molecule has 3 aliphatic rings. The Kier molecular flexibility index (Phi) is 13.4. The molecule has 15 nitrogen and oxygen atoms in total. The third kappa shape index (κ3) is 9.52. The minimum absolute atomic E-state index is 0.0281. The van der Waals surface area contributed by atoms with Crippen LogP contribution in [0.25, 0.3) is 22.3 Å². The molecule has 1 atom stereocenters. The van der Waals surface area contributed by atoms with Gasteiger partial charge in [0.05, 0.1) is 22.8 Å². The van der Waals surface area contributed by atoms with Crippen LogP contribution in [-0.4, -0.2) is 107 Å². The van der Waals surface area contributed by atoms with Crippen molar-refractivity contribution in [3.05, 3.63) is 89.0 Å². The van der Waals surface area contributed by atoms with Gasteiger partial charge in [0.1, 0.15) is 28.9 Å². The van der Waals surface area contributed by atoms with E-state index in [1.807, 2.05) is 42.4 Å². The number of hydrogen-bond acceptors (Lipinski definition) is 12. The number of rotatable bonds is 16. The fourth-order valence-corrected chi connectivity index (χ4v) is 9.75. The Morgan fingerprint density at radius 2 is 1.69 bits per heavy atom. The highest BCUT2D eigenvalue weighted by atomic mass is 32.2. The predicted molar refractivity (Wildman–Crippen MR) is 237 cm³/mol. The number of carbonyl (C=O) groups is 5. The average molecular weight is 893 g/mol. The molecule has 2 N–H and O–H groups in total. The predicted octanol–water partition coefficient (Wildman–Crippen LogP) is 6.98. The van der Waals surface area contributed by atoms with Gasteiger partial charge < -0.3 is 14.8 Å². The lowest BCUT2D eigenvalue weighted by Gasteiger charge is -2.34. The quantitative estimate of drug-likeness (QED) is 0.0592. The lowest BCUT2D eigenvalue weighted by atomic mass is 10.0. The van der Waals surface area contributed by atoms with Gasteiger partial charge in [-0.2, -0.15) is 0 Å². The van der Waals surface area contributed by atoms with Crippen molar-refractivity contribution < 1.29 is 32.8 Å². The van der Waals surface area contributed by atoms with Gasteiger partial charge in [-0.1, -0.05) is 31.4 Å². The number of imidazole rings is 1. The molecule has 8 rings (SSSR count). The lowest BCUT2D eigenvalue weighted by molar-refractivity contribution is -0.136. The van der Waals surface area contributed by atoms with E-state index >= 15 is 8.78 Å². The number of fused-ring (bicyclic) bond motifs is 2. The fraction of sp³-hybridized carbons (Fsp3) is 0.413. The zero-order valence-electron chi connectivity index (χ0n) is 36.0. The van der Waals surface area contributed by atoms with Crippen molar-refractivity contribution in [3.63, 3.8) is 0 Å². The van der Waals surface area contributed by atoms with Crippen molar-refractivity contribution in [2.45, 2.75) is 95.7 Å². The standard InChI is InChI=1S/C46H50F2N10O5S/c1-27(2)57-28(3)51-42-32(47)22-30(23-35(42)57)41-33(48)25-50-46(54-41)52-37-15-13-29(24-49-37)26-55-17-19-56(20-18-55)39(60)12-7-5-4-6-8-21-64-36-11-9-10-31-40(36)45(63)58(44(31)62)34-14-16-38(59)53-43(34)61/h9-11,13,15,22-25,27,34H,4-8,12,14,16-21,26H2,1-3H3,(H,53,59,61)(H,49,50,52,54). The molecule has 334 valence electrons. The van der Waals surface area contributed by atoms with E-state index in [2.05, 4.69) is 35.5 Å². The number of aromatic nitrogens is 5. The Balaban J connectivity index is 0.732. The summed E-state index contributed by atoms with van der Waals surface area (Å²) in [6.45, 7) is 9.26. The molecule has 18 heteroatoms. The molecule has 0 spiro atoms. The number of imide groups is 2. The number of piperidine rings is 1. The normalized spacial score (nSPS) is 16.9. The lowest BCUT2D eigenvalue weighted by Crippen LogP contribution is -2.54. The number of carbonyl (C=O) groups excluding carboxylic acids is 5. The minimum Gasteiger partial charge on any atom is -0.340 e. The second-order valence-corrected chi connectivity index (χ2v) is 17.8. The molecule has 2 fully saturated rings. The summed E-state index contributed by atoms with van der Waals surface area (Å²) in [6.07, 6.45) is 8.16. The Bertz CT molecular complexity index is 2610. The number of nitrogens with zero attached hydrogens (tertiary/aromatic N) is 8. The molecular weight excluding hydrogens is 843 g/mol. The monoisotopic (exact) mass is 892 g/mol. The molecule has 3 aliphatic heterocycles. The van der Waals surface area contributed by atoms with Crippen LogP contribution < -0.4 is 10.6 Å². The SMILES string of the molecule is Cc1nc2c(F)cc(-c3nc(Nc4ccc(CN5CCN(C(=O)CCCCCCCSc6cccc7c6C(=O)N(C6CCC(=O)NC6=O)C7=O)CC5)cn4)ncc3F)cc2n1C(C)C. The summed E-state index contributed by atoms with van der Waals surface area (Å²) < 4.78 is 32.1. The first-order valence-electron chi connectivity index (χ1n) is 21.8. The Morgan fingerprint density at radius 3 is 2.44 bits per heavy atom. The van der Waals surface area contributed by atoms with Crippen LogP contribution in [0.1, 0.15) is 103 Å². The number of pyridine rings is 1. The van der Waals surface area contributed by atoms with E-state index in [4.69, 9.17) is 0 Å². The maximum atomic E-state index is 15.1. The second kappa shape index (κ2) is 19.3. The van der Waals surface area contributed by atoms with Crippen LogP contribution in [-0.2, 0) is 20.9 Å². The average Bonchev–Trinajstić information content (AvgIpc) is 3.75. The van der Waals surface area contributed by atoms with E-state index < -0.39 is 41.3 Å². The van der Waals surface area contributed by atoms with Crippen molar-refractivity contribution in [1.29, 1.82) is 0 Å². The van der Waals surface area contributed by atoms with Gasteiger partial charge in [-0.3, -0.25) is 39.1 Å². The van der Waals surface area contributed by atoms with E-state index in [1.165, 1.54) is 17.8 Å². The molecule has 5 amide bonds. The van der Waals surface area contributed by atoms with Gasteiger partial charge in [0.25, 0.3) is 11.8 Å². The maximum absolute atomic E-state index is 15.1. The summed E-state index contributed by atoms with van der Waals surface area (Å²) >= 11 is 1.52. The molecule has 0 radical (unpaired) electrons. The van der Waals surface area contributed by atoms with Gasteiger partial charge in [-0.25, -0.2) is 28.7 Å². The summed E-state index contributed by atoms with van der Waals surface area (Å²) in [5.41, 5.74) is 2.64.